The molecule has 1 N–H and O–H groups in total. The molecule has 2 heterocycles. The first-order valence-electron chi connectivity index (χ1n) is 6.27. The van der Waals surface area contributed by atoms with E-state index in [4.69, 9.17) is 0 Å². The number of amidine groups is 1. The molecular formula is C14H17N5. The largest absolute Gasteiger partial charge is 0.378 e. The molecule has 1 atom stereocenters. The molecule has 0 amide bonds. The van der Waals surface area contributed by atoms with E-state index in [-0.39, 0.29) is 6.17 Å². The first-order valence-corrected chi connectivity index (χ1v) is 6.27. The quantitative estimate of drug-likeness (QED) is 0.896. The van der Waals surface area contributed by atoms with Crippen LogP contribution in [0.3, 0.4) is 0 Å². The van der Waals surface area contributed by atoms with Gasteiger partial charge in [-0.3, -0.25) is 0 Å². The van der Waals surface area contributed by atoms with Crippen LogP contribution in [-0.2, 0) is 0 Å². The molecule has 2 aromatic rings. The molecule has 0 radical (unpaired) electrons. The highest BCUT2D eigenvalue weighted by molar-refractivity contribution is 5.93. The summed E-state index contributed by atoms with van der Waals surface area (Å²) in [6, 6.07) is 10.4. The van der Waals surface area contributed by atoms with Crippen LogP contribution in [0.4, 0.5) is 11.5 Å². The van der Waals surface area contributed by atoms with Gasteiger partial charge in [0.05, 0.1) is 6.20 Å². The van der Waals surface area contributed by atoms with Crippen molar-refractivity contribution in [3.63, 3.8) is 0 Å². The summed E-state index contributed by atoms with van der Waals surface area (Å²) in [5, 5.41) is 7.55. The number of aliphatic imine (C=N–C) groups is 1. The lowest BCUT2D eigenvalue weighted by molar-refractivity contribution is 0.543. The molecule has 0 saturated carbocycles. The third-order valence-electron chi connectivity index (χ3n) is 3.23. The Hall–Kier alpha value is -2.30. The molecule has 1 unspecified atom stereocenters. The van der Waals surface area contributed by atoms with Gasteiger partial charge < -0.3 is 10.2 Å². The van der Waals surface area contributed by atoms with Crippen molar-refractivity contribution in [3.05, 3.63) is 42.1 Å². The van der Waals surface area contributed by atoms with Gasteiger partial charge in [-0.1, -0.05) is 12.1 Å². The standard InChI is InChI=1S/C14H17N5/c1-10-16-13-8-9-15-19(13)14(17-10)11-4-6-12(7-5-11)18(2)3/h4-9,14H,1-3H3,(H,16,17). The zero-order valence-electron chi connectivity index (χ0n) is 11.3. The number of hydrogen-bond donors (Lipinski definition) is 1. The summed E-state index contributed by atoms with van der Waals surface area (Å²) in [6.45, 7) is 1.97. The third kappa shape index (κ3) is 2.07. The van der Waals surface area contributed by atoms with Gasteiger partial charge in [0.1, 0.15) is 11.7 Å². The van der Waals surface area contributed by atoms with Crippen molar-refractivity contribution < 1.29 is 0 Å². The molecule has 0 bridgehead atoms. The van der Waals surface area contributed by atoms with Crippen LogP contribution in [0.2, 0.25) is 0 Å². The molecule has 1 aromatic carbocycles. The van der Waals surface area contributed by atoms with Gasteiger partial charge in [0.15, 0.2) is 6.17 Å². The Labute approximate surface area is 112 Å². The fraction of sp³-hybridized carbons (Fsp3) is 0.286. The molecule has 0 spiro atoms. The monoisotopic (exact) mass is 255 g/mol. The SMILES string of the molecule is CC1=NC(c2ccc(N(C)C)cc2)n2nccc2N1. The number of anilines is 2. The Balaban J connectivity index is 1.99. The number of rotatable bonds is 2. The van der Waals surface area contributed by atoms with Crippen molar-refractivity contribution in [2.75, 3.05) is 24.3 Å². The Morgan fingerprint density at radius 2 is 1.89 bits per heavy atom. The van der Waals surface area contributed by atoms with Crippen LogP contribution in [0.15, 0.2) is 41.5 Å². The summed E-state index contributed by atoms with van der Waals surface area (Å²) in [5.74, 6) is 1.89. The second-order valence-corrected chi connectivity index (χ2v) is 4.86. The number of aromatic nitrogens is 2. The number of benzene rings is 1. The Bertz CT molecular complexity index is 609. The van der Waals surface area contributed by atoms with Gasteiger partial charge in [-0.15, -0.1) is 0 Å². The molecule has 19 heavy (non-hydrogen) atoms. The molecule has 1 aliphatic rings. The summed E-state index contributed by atoms with van der Waals surface area (Å²) in [5.41, 5.74) is 2.32. The lowest BCUT2D eigenvalue weighted by Crippen LogP contribution is -2.24. The highest BCUT2D eigenvalue weighted by atomic mass is 15.4. The van der Waals surface area contributed by atoms with Gasteiger partial charge in [-0.2, -0.15) is 5.10 Å². The number of nitrogens with one attached hydrogen (secondary N) is 1. The zero-order chi connectivity index (χ0) is 13.4. The number of nitrogens with zero attached hydrogens (tertiary/aromatic N) is 4. The van der Waals surface area contributed by atoms with E-state index in [2.05, 4.69) is 44.6 Å². The van der Waals surface area contributed by atoms with Crippen molar-refractivity contribution >= 4 is 17.3 Å². The van der Waals surface area contributed by atoms with E-state index >= 15 is 0 Å². The van der Waals surface area contributed by atoms with Crippen LogP contribution in [0.25, 0.3) is 0 Å². The molecule has 0 saturated heterocycles. The number of fused-ring (bicyclic) bond motifs is 1. The van der Waals surface area contributed by atoms with E-state index in [1.807, 2.05) is 31.8 Å². The molecule has 1 aliphatic heterocycles. The molecule has 0 fully saturated rings. The molecular weight excluding hydrogens is 238 g/mol. The third-order valence-corrected chi connectivity index (χ3v) is 3.23. The molecule has 3 rings (SSSR count). The summed E-state index contributed by atoms with van der Waals surface area (Å²) in [4.78, 5) is 6.72. The van der Waals surface area contributed by atoms with E-state index in [9.17, 15) is 0 Å². The Morgan fingerprint density at radius 1 is 1.16 bits per heavy atom. The molecule has 1 aromatic heterocycles. The maximum absolute atomic E-state index is 4.63. The van der Waals surface area contributed by atoms with Crippen molar-refractivity contribution in [1.29, 1.82) is 0 Å². The van der Waals surface area contributed by atoms with Crippen LogP contribution in [0, 0.1) is 0 Å². The van der Waals surface area contributed by atoms with E-state index < -0.39 is 0 Å². The van der Waals surface area contributed by atoms with Crippen LogP contribution < -0.4 is 10.2 Å². The fourth-order valence-electron chi connectivity index (χ4n) is 2.22. The Morgan fingerprint density at radius 3 is 2.58 bits per heavy atom. The van der Waals surface area contributed by atoms with Crippen LogP contribution in [-0.4, -0.2) is 29.7 Å². The second-order valence-electron chi connectivity index (χ2n) is 4.86. The average Bonchev–Trinajstić information content (AvgIpc) is 2.85. The second kappa shape index (κ2) is 4.42. The highest BCUT2D eigenvalue weighted by Crippen LogP contribution is 2.28. The predicted molar refractivity (Wildman–Crippen MR) is 77.9 cm³/mol. The Kier molecular flexibility index (Phi) is 2.74. The fourth-order valence-corrected chi connectivity index (χ4v) is 2.22. The highest BCUT2D eigenvalue weighted by Gasteiger charge is 2.20. The summed E-state index contributed by atoms with van der Waals surface area (Å²) < 4.78 is 1.90. The summed E-state index contributed by atoms with van der Waals surface area (Å²) in [7, 11) is 4.07. The first-order chi connectivity index (χ1) is 9.15. The zero-order valence-corrected chi connectivity index (χ0v) is 11.3. The smallest absolute Gasteiger partial charge is 0.171 e. The maximum atomic E-state index is 4.63. The van der Waals surface area contributed by atoms with Gasteiger partial charge in [0.2, 0.25) is 0 Å². The van der Waals surface area contributed by atoms with E-state index in [0.29, 0.717) is 0 Å². The predicted octanol–water partition coefficient (Wildman–Crippen LogP) is 2.34. The van der Waals surface area contributed by atoms with Crippen molar-refractivity contribution in [2.45, 2.75) is 13.1 Å². The maximum Gasteiger partial charge on any atom is 0.171 e. The summed E-state index contributed by atoms with van der Waals surface area (Å²) >= 11 is 0. The van der Waals surface area contributed by atoms with Crippen LogP contribution in [0.5, 0.6) is 0 Å². The van der Waals surface area contributed by atoms with Crippen molar-refractivity contribution in [2.24, 2.45) is 4.99 Å². The van der Waals surface area contributed by atoms with E-state index in [0.717, 1.165) is 17.2 Å². The van der Waals surface area contributed by atoms with Gasteiger partial charge in [0, 0.05) is 25.8 Å². The molecule has 5 nitrogen and oxygen atoms in total. The minimum Gasteiger partial charge on any atom is -0.378 e. The molecule has 98 valence electrons. The molecule has 5 heteroatoms. The summed E-state index contributed by atoms with van der Waals surface area (Å²) in [6.07, 6.45) is 1.71. The first kappa shape index (κ1) is 11.8. The minimum absolute atomic E-state index is 0.0811. The van der Waals surface area contributed by atoms with E-state index in [1.54, 1.807) is 6.20 Å². The minimum atomic E-state index is -0.0811. The average molecular weight is 255 g/mol. The number of hydrogen-bond acceptors (Lipinski definition) is 4. The topological polar surface area (TPSA) is 45.5 Å². The van der Waals surface area contributed by atoms with Crippen molar-refractivity contribution in [3.8, 4) is 0 Å². The normalized spacial score (nSPS) is 17.4. The van der Waals surface area contributed by atoms with Crippen LogP contribution >= 0.6 is 0 Å². The van der Waals surface area contributed by atoms with Gasteiger partial charge in [-0.25, -0.2) is 9.67 Å². The van der Waals surface area contributed by atoms with Crippen molar-refractivity contribution in [1.82, 2.24) is 9.78 Å². The van der Waals surface area contributed by atoms with Gasteiger partial charge in [0.25, 0.3) is 0 Å². The molecule has 0 aliphatic carbocycles. The van der Waals surface area contributed by atoms with E-state index in [1.165, 1.54) is 5.69 Å². The van der Waals surface area contributed by atoms with Crippen LogP contribution in [0.1, 0.15) is 18.7 Å². The van der Waals surface area contributed by atoms with Gasteiger partial charge >= 0.3 is 0 Å². The lowest BCUT2D eigenvalue weighted by Gasteiger charge is -2.23. The van der Waals surface area contributed by atoms with Gasteiger partial charge in [-0.05, 0) is 24.6 Å². The lowest BCUT2D eigenvalue weighted by atomic mass is 10.1.